The van der Waals surface area contributed by atoms with Gasteiger partial charge in [-0.3, -0.25) is 0 Å². The zero-order chi connectivity index (χ0) is 15.5. The highest BCUT2D eigenvalue weighted by atomic mass is 19.1. The Morgan fingerprint density at radius 2 is 2.05 bits per heavy atom. The van der Waals surface area contributed by atoms with E-state index in [1.165, 1.54) is 6.07 Å². The molecule has 22 heavy (non-hydrogen) atoms. The number of imidazole rings is 1. The number of nitrogens with two attached hydrogens (primary N) is 1. The molecule has 0 aliphatic rings. The van der Waals surface area contributed by atoms with E-state index in [1.54, 1.807) is 12.1 Å². The van der Waals surface area contributed by atoms with Gasteiger partial charge in [0.25, 0.3) is 0 Å². The standard InChI is InChI=1S/C17H18FN3O/c1-2-22-13-7-8-16-15(9-13)20-17(10-19)21(16)11-12-5-3-4-6-14(12)18/h3-9H,2,10-11,19H2,1H3. The Morgan fingerprint density at radius 3 is 2.77 bits per heavy atom. The summed E-state index contributed by atoms with van der Waals surface area (Å²) in [6.07, 6.45) is 0. The maximum atomic E-state index is 13.9. The Labute approximate surface area is 128 Å². The van der Waals surface area contributed by atoms with Gasteiger partial charge in [0, 0.05) is 11.6 Å². The molecule has 0 saturated carbocycles. The van der Waals surface area contributed by atoms with Crippen molar-refractivity contribution in [3.8, 4) is 5.75 Å². The van der Waals surface area contributed by atoms with Crippen molar-refractivity contribution in [3.05, 3.63) is 59.7 Å². The monoisotopic (exact) mass is 299 g/mol. The fourth-order valence-electron chi connectivity index (χ4n) is 2.55. The van der Waals surface area contributed by atoms with Gasteiger partial charge in [0.05, 0.1) is 30.7 Å². The van der Waals surface area contributed by atoms with Crippen LogP contribution in [0, 0.1) is 5.82 Å². The van der Waals surface area contributed by atoms with Crippen LogP contribution in [0.5, 0.6) is 5.75 Å². The predicted molar refractivity (Wildman–Crippen MR) is 84.3 cm³/mol. The number of ether oxygens (including phenoxy) is 1. The molecule has 1 heterocycles. The van der Waals surface area contributed by atoms with Gasteiger partial charge in [-0.1, -0.05) is 18.2 Å². The number of benzene rings is 2. The quantitative estimate of drug-likeness (QED) is 0.787. The number of hydrogen-bond donors (Lipinski definition) is 1. The topological polar surface area (TPSA) is 53.1 Å². The molecule has 2 N–H and O–H groups in total. The smallest absolute Gasteiger partial charge is 0.128 e. The molecule has 5 heteroatoms. The van der Waals surface area contributed by atoms with Gasteiger partial charge in [-0.25, -0.2) is 9.37 Å². The fourth-order valence-corrected chi connectivity index (χ4v) is 2.55. The second-order valence-corrected chi connectivity index (χ2v) is 4.99. The molecule has 0 amide bonds. The first-order valence-electron chi connectivity index (χ1n) is 7.28. The average molecular weight is 299 g/mol. The van der Waals surface area contributed by atoms with Gasteiger partial charge >= 0.3 is 0 Å². The molecule has 0 aliphatic carbocycles. The minimum Gasteiger partial charge on any atom is -0.494 e. The van der Waals surface area contributed by atoms with E-state index in [4.69, 9.17) is 10.5 Å². The molecule has 2 aromatic carbocycles. The summed E-state index contributed by atoms with van der Waals surface area (Å²) in [5.74, 6) is 1.28. The van der Waals surface area contributed by atoms with E-state index in [2.05, 4.69) is 4.98 Å². The van der Waals surface area contributed by atoms with Crippen LogP contribution in [-0.2, 0) is 13.1 Å². The van der Waals surface area contributed by atoms with Gasteiger partial charge in [0.15, 0.2) is 0 Å². The minimum absolute atomic E-state index is 0.224. The Kier molecular flexibility index (Phi) is 4.06. The van der Waals surface area contributed by atoms with Gasteiger partial charge in [-0.15, -0.1) is 0 Å². The second-order valence-electron chi connectivity index (χ2n) is 4.99. The molecule has 3 rings (SSSR count). The summed E-state index contributed by atoms with van der Waals surface area (Å²) in [6.45, 7) is 3.24. The lowest BCUT2D eigenvalue weighted by Crippen LogP contribution is -2.10. The van der Waals surface area contributed by atoms with Crippen LogP contribution < -0.4 is 10.5 Å². The summed E-state index contributed by atoms with van der Waals surface area (Å²) in [7, 11) is 0. The summed E-state index contributed by atoms with van der Waals surface area (Å²) in [5, 5.41) is 0. The molecule has 0 atom stereocenters. The molecule has 0 fully saturated rings. The van der Waals surface area contributed by atoms with E-state index in [1.807, 2.05) is 35.8 Å². The van der Waals surface area contributed by atoms with E-state index in [-0.39, 0.29) is 5.82 Å². The molecule has 0 aliphatic heterocycles. The van der Waals surface area contributed by atoms with Crippen LogP contribution in [0.25, 0.3) is 11.0 Å². The van der Waals surface area contributed by atoms with Gasteiger partial charge in [0.2, 0.25) is 0 Å². The lowest BCUT2D eigenvalue weighted by Gasteiger charge is -2.09. The number of hydrogen-bond acceptors (Lipinski definition) is 3. The maximum absolute atomic E-state index is 13.9. The first-order chi connectivity index (χ1) is 10.7. The van der Waals surface area contributed by atoms with Crippen molar-refractivity contribution < 1.29 is 9.13 Å². The minimum atomic E-state index is -0.224. The van der Waals surface area contributed by atoms with Crippen molar-refractivity contribution in [2.45, 2.75) is 20.0 Å². The molecular weight excluding hydrogens is 281 g/mol. The van der Waals surface area contributed by atoms with Gasteiger partial charge in [-0.05, 0) is 25.1 Å². The molecule has 0 unspecified atom stereocenters. The van der Waals surface area contributed by atoms with E-state index in [0.717, 1.165) is 22.6 Å². The summed E-state index contributed by atoms with van der Waals surface area (Å²) in [6, 6.07) is 12.5. The van der Waals surface area contributed by atoms with Crippen LogP contribution in [-0.4, -0.2) is 16.2 Å². The van der Waals surface area contributed by atoms with Crippen molar-refractivity contribution in [1.82, 2.24) is 9.55 Å². The third kappa shape index (κ3) is 2.67. The van der Waals surface area contributed by atoms with Crippen LogP contribution >= 0.6 is 0 Å². The Morgan fingerprint density at radius 1 is 1.23 bits per heavy atom. The maximum Gasteiger partial charge on any atom is 0.128 e. The van der Waals surface area contributed by atoms with E-state index >= 15 is 0 Å². The van der Waals surface area contributed by atoms with Gasteiger partial charge < -0.3 is 15.0 Å². The van der Waals surface area contributed by atoms with Crippen molar-refractivity contribution in [2.24, 2.45) is 5.73 Å². The SMILES string of the molecule is CCOc1ccc2c(c1)nc(CN)n2Cc1ccccc1F. The van der Waals surface area contributed by atoms with Crippen molar-refractivity contribution in [1.29, 1.82) is 0 Å². The van der Waals surface area contributed by atoms with E-state index < -0.39 is 0 Å². The highest BCUT2D eigenvalue weighted by Crippen LogP contribution is 2.23. The highest BCUT2D eigenvalue weighted by Gasteiger charge is 2.12. The number of rotatable bonds is 5. The molecule has 0 bridgehead atoms. The summed E-state index contributed by atoms with van der Waals surface area (Å²) in [4.78, 5) is 4.54. The molecular formula is C17H18FN3O. The van der Waals surface area contributed by atoms with E-state index in [0.29, 0.717) is 25.3 Å². The van der Waals surface area contributed by atoms with Crippen molar-refractivity contribution in [2.75, 3.05) is 6.61 Å². The van der Waals surface area contributed by atoms with Crippen LogP contribution in [0.15, 0.2) is 42.5 Å². The summed E-state index contributed by atoms with van der Waals surface area (Å²) in [5.41, 5.74) is 8.14. The van der Waals surface area contributed by atoms with E-state index in [9.17, 15) is 4.39 Å². The zero-order valence-corrected chi connectivity index (χ0v) is 12.4. The number of aromatic nitrogens is 2. The average Bonchev–Trinajstić information content (AvgIpc) is 2.87. The lowest BCUT2D eigenvalue weighted by atomic mass is 10.2. The van der Waals surface area contributed by atoms with Crippen molar-refractivity contribution in [3.63, 3.8) is 0 Å². The number of fused-ring (bicyclic) bond motifs is 1. The number of halogens is 1. The largest absolute Gasteiger partial charge is 0.494 e. The molecule has 0 saturated heterocycles. The second kappa shape index (κ2) is 6.15. The third-order valence-electron chi connectivity index (χ3n) is 3.58. The van der Waals surface area contributed by atoms with Crippen LogP contribution in [0.1, 0.15) is 18.3 Å². The van der Waals surface area contributed by atoms with Crippen LogP contribution in [0.4, 0.5) is 4.39 Å². The molecule has 114 valence electrons. The summed E-state index contributed by atoms with van der Waals surface area (Å²) < 4.78 is 21.3. The van der Waals surface area contributed by atoms with Gasteiger partial charge in [-0.2, -0.15) is 0 Å². The summed E-state index contributed by atoms with van der Waals surface area (Å²) >= 11 is 0. The molecule has 3 aromatic rings. The Balaban J connectivity index is 2.06. The molecule has 0 spiro atoms. The number of nitrogens with zero attached hydrogens (tertiary/aromatic N) is 2. The van der Waals surface area contributed by atoms with Crippen LogP contribution in [0.2, 0.25) is 0 Å². The fraction of sp³-hybridized carbons (Fsp3) is 0.235. The van der Waals surface area contributed by atoms with Crippen LogP contribution in [0.3, 0.4) is 0 Å². The zero-order valence-electron chi connectivity index (χ0n) is 12.4. The molecule has 1 aromatic heterocycles. The highest BCUT2D eigenvalue weighted by molar-refractivity contribution is 5.78. The third-order valence-corrected chi connectivity index (χ3v) is 3.58. The first-order valence-corrected chi connectivity index (χ1v) is 7.28. The first kappa shape index (κ1) is 14.5. The van der Waals surface area contributed by atoms with Crippen molar-refractivity contribution >= 4 is 11.0 Å². The normalized spacial score (nSPS) is 11.0. The van der Waals surface area contributed by atoms with Gasteiger partial charge in [0.1, 0.15) is 17.4 Å². The lowest BCUT2D eigenvalue weighted by molar-refractivity contribution is 0.340. The predicted octanol–water partition coefficient (Wildman–Crippen LogP) is 3.08. The molecule has 4 nitrogen and oxygen atoms in total. The Bertz CT molecular complexity index is 798. The Hall–Kier alpha value is -2.40. The molecule has 0 radical (unpaired) electrons.